The van der Waals surface area contributed by atoms with E-state index in [2.05, 4.69) is 14.1 Å². The summed E-state index contributed by atoms with van der Waals surface area (Å²) in [6.07, 6.45) is 0. The summed E-state index contributed by atoms with van der Waals surface area (Å²) in [7, 11) is 0. The second-order valence-electron chi connectivity index (χ2n) is 5.08. The van der Waals surface area contributed by atoms with Crippen LogP contribution in [0.25, 0.3) is 11.0 Å². The van der Waals surface area contributed by atoms with Crippen molar-refractivity contribution < 1.29 is 19.4 Å². The summed E-state index contributed by atoms with van der Waals surface area (Å²) in [5.74, 6) is -1.46. The zero-order valence-corrected chi connectivity index (χ0v) is 13.5. The molecule has 0 saturated carbocycles. The molecule has 1 amide bonds. The monoisotopic (exact) mass is 343 g/mol. The number of esters is 1. The number of hydrogen-bond donors (Lipinski definition) is 2. The molecule has 2 aromatic carbocycles. The molecule has 24 heavy (non-hydrogen) atoms. The smallest absolute Gasteiger partial charge is 0.342 e. The topological polar surface area (TPSA) is 101 Å². The van der Waals surface area contributed by atoms with E-state index in [4.69, 9.17) is 4.74 Å². The predicted octanol–water partition coefficient (Wildman–Crippen LogP) is 2.50. The number of ether oxygens (including phenoxy) is 1. The number of aryl methyl sites for hydroxylation is 1. The molecule has 0 spiro atoms. The standard InChI is InChI=1S/C16H13N3O4S/c1-9-5-6-13(20)10(7-9)16(22)23-8-14(21)17-11-3-2-4-12-15(11)19-24-18-12/h2-7,20H,8H2,1H3,(H,17,21). The number of carbonyl (C=O) groups is 2. The fourth-order valence-corrected chi connectivity index (χ4v) is 2.67. The van der Waals surface area contributed by atoms with Gasteiger partial charge in [-0.05, 0) is 31.2 Å². The van der Waals surface area contributed by atoms with E-state index >= 15 is 0 Å². The van der Waals surface area contributed by atoms with E-state index in [0.717, 1.165) is 17.3 Å². The lowest BCUT2D eigenvalue weighted by atomic mass is 10.1. The van der Waals surface area contributed by atoms with Gasteiger partial charge in [0.25, 0.3) is 5.91 Å². The number of carbonyl (C=O) groups excluding carboxylic acids is 2. The van der Waals surface area contributed by atoms with E-state index in [1.54, 1.807) is 31.2 Å². The molecular formula is C16H13N3O4S. The molecule has 3 rings (SSSR count). The number of nitrogens with one attached hydrogen (secondary N) is 1. The van der Waals surface area contributed by atoms with E-state index in [9.17, 15) is 14.7 Å². The Kier molecular flexibility index (Phi) is 4.39. The molecule has 1 heterocycles. The molecule has 0 aliphatic rings. The van der Waals surface area contributed by atoms with Gasteiger partial charge in [-0.2, -0.15) is 8.75 Å². The lowest BCUT2D eigenvalue weighted by molar-refractivity contribution is -0.119. The maximum Gasteiger partial charge on any atom is 0.342 e. The third kappa shape index (κ3) is 3.33. The second-order valence-corrected chi connectivity index (χ2v) is 5.61. The highest BCUT2D eigenvalue weighted by atomic mass is 32.1. The molecule has 0 atom stereocenters. The number of anilines is 1. The summed E-state index contributed by atoms with van der Waals surface area (Å²) in [5, 5.41) is 12.3. The first-order chi connectivity index (χ1) is 11.5. The average molecular weight is 343 g/mol. The van der Waals surface area contributed by atoms with Crippen molar-refractivity contribution in [3.05, 3.63) is 47.5 Å². The van der Waals surface area contributed by atoms with Crippen LogP contribution in [0.1, 0.15) is 15.9 Å². The van der Waals surface area contributed by atoms with Crippen LogP contribution < -0.4 is 5.32 Å². The number of benzene rings is 2. The Labute approximate surface area is 141 Å². The maximum absolute atomic E-state index is 12.0. The molecule has 0 saturated heterocycles. The van der Waals surface area contributed by atoms with Gasteiger partial charge < -0.3 is 15.2 Å². The van der Waals surface area contributed by atoms with Gasteiger partial charge in [0, 0.05) is 0 Å². The Hall–Kier alpha value is -3.00. The van der Waals surface area contributed by atoms with Crippen LogP contribution >= 0.6 is 11.7 Å². The molecule has 0 aliphatic carbocycles. The minimum atomic E-state index is -0.764. The number of nitrogens with zero attached hydrogens (tertiary/aromatic N) is 2. The molecule has 2 N–H and O–H groups in total. The first kappa shape index (κ1) is 15.9. The zero-order valence-electron chi connectivity index (χ0n) is 12.6. The molecule has 0 fully saturated rings. The van der Waals surface area contributed by atoms with Gasteiger partial charge in [-0.1, -0.05) is 17.7 Å². The molecule has 0 radical (unpaired) electrons. The van der Waals surface area contributed by atoms with Gasteiger partial charge in [0.1, 0.15) is 22.3 Å². The number of amides is 1. The Morgan fingerprint density at radius 1 is 1.25 bits per heavy atom. The molecule has 0 unspecified atom stereocenters. The third-order valence-electron chi connectivity index (χ3n) is 3.27. The van der Waals surface area contributed by atoms with Gasteiger partial charge in [0.05, 0.1) is 17.4 Å². The number of phenolic OH excluding ortho intramolecular Hbond substituents is 1. The lowest BCUT2D eigenvalue weighted by Crippen LogP contribution is -2.21. The highest BCUT2D eigenvalue weighted by Gasteiger charge is 2.15. The summed E-state index contributed by atoms with van der Waals surface area (Å²) in [4.78, 5) is 23.9. The molecule has 1 aromatic heterocycles. The van der Waals surface area contributed by atoms with Crippen LogP contribution in [0.3, 0.4) is 0 Å². The van der Waals surface area contributed by atoms with Crippen LogP contribution in [0.5, 0.6) is 5.75 Å². The number of hydrogen-bond acceptors (Lipinski definition) is 7. The summed E-state index contributed by atoms with van der Waals surface area (Å²) in [6, 6.07) is 9.79. The fraction of sp³-hybridized carbons (Fsp3) is 0.125. The van der Waals surface area contributed by atoms with Crippen LogP contribution in [0.2, 0.25) is 0 Å². The number of aromatic nitrogens is 2. The number of fused-ring (bicyclic) bond motifs is 1. The largest absolute Gasteiger partial charge is 0.507 e. The van der Waals surface area contributed by atoms with Crippen molar-refractivity contribution in [2.75, 3.05) is 11.9 Å². The van der Waals surface area contributed by atoms with Crippen molar-refractivity contribution in [2.24, 2.45) is 0 Å². The minimum Gasteiger partial charge on any atom is -0.507 e. The van der Waals surface area contributed by atoms with Crippen molar-refractivity contribution in [1.82, 2.24) is 8.75 Å². The van der Waals surface area contributed by atoms with Crippen molar-refractivity contribution in [3.63, 3.8) is 0 Å². The highest BCUT2D eigenvalue weighted by molar-refractivity contribution is 7.00. The summed E-state index contributed by atoms with van der Waals surface area (Å²) >= 11 is 1.05. The molecule has 3 aromatic rings. The van der Waals surface area contributed by atoms with Gasteiger partial charge in [0.15, 0.2) is 6.61 Å². The maximum atomic E-state index is 12.0. The summed E-state index contributed by atoms with van der Waals surface area (Å²) in [6.45, 7) is 1.31. The number of phenols is 1. The van der Waals surface area contributed by atoms with Gasteiger partial charge in [-0.15, -0.1) is 0 Å². The normalized spacial score (nSPS) is 10.5. The van der Waals surface area contributed by atoms with Crippen molar-refractivity contribution in [3.8, 4) is 5.75 Å². The summed E-state index contributed by atoms with van der Waals surface area (Å²) in [5.41, 5.74) is 2.58. The first-order valence-electron chi connectivity index (χ1n) is 7.02. The van der Waals surface area contributed by atoms with E-state index in [1.165, 1.54) is 12.1 Å². The zero-order chi connectivity index (χ0) is 17.1. The van der Waals surface area contributed by atoms with Crippen LogP contribution in [0.15, 0.2) is 36.4 Å². The Morgan fingerprint density at radius 3 is 2.92 bits per heavy atom. The number of aromatic hydroxyl groups is 1. The lowest BCUT2D eigenvalue weighted by Gasteiger charge is -2.08. The van der Waals surface area contributed by atoms with Gasteiger partial charge in [-0.3, -0.25) is 4.79 Å². The molecule has 0 aliphatic heterocycles. The van der Waals surface area contributed by atoms with E-state index in [1.807, 2.05) is 0 Å². The molecule has 7 nitrogen and oxygen atoms in total. The Bertz CT molecular complexity index is 923. The van der Waals surface area contributed by atoms with Gasteiger partial charge in [0.2, 0.25) is 0 Å². The molecule has 122 valence electrons. The van der Waals surface area contributed by atoms with E-state index in [-0.39, 0.29) is 11.3 Å². The van der Waals surface area contributed by atoms with E-state index < -0.39 is 18.5 Å². The highest BCUT2D eigenvalue weighted by Crippen LogP contribution is 2.21. The quantitative estimate of drug-likeness (QED) is 0.706. The second kappa shape index (κ2) is 6.63. The van der Waals surface area contributed by atoms with Gasteiger partial charge in [-0.25, -0.2) is 4.79 Å². The van der Waals surface area contributed by atoms with Crippen LogP contribution in [-0.4, -0.2) is 32.3 Å². The average Bonchev–Trinajstić information content (AvgIpc) is 3.04. The first-order valence-corrected chi connectivity index (χ1v) is 7.75. The molecule has 0 bridgehead atoms. The number of rotatable bonds is 4. The molecule has 8 heteroatoms. The predicted molar refractivity (Wildman–Crippen MR) is 89.2 cm³/mol. The Morgan fingerprint density at radius 2 is 2.08 bits per heavy atom. The minimum absolute atomic E-state index is 0.0219. The van der Waals surface area contributed by atoms with E-state index in [0.29, 0.717) is 16.7 Å². The molecular weight excluding hydrogens is 330 g/mol. The van der Waals surface area contributed by atoms with Gasteiger partial charge >= 0.3 is 5.97 Å². The van der Waals surface area contributed by atoms with Crippen molar-refractivity contribution >= 4 is 40.3 Å². The SMILES string of the molecule is Cc1ccc(O)c(C(=O)OCC(=O)Nc2cccc3nsnc23)c1. The van der Waals surface area contributed by atoms with Crippen LogP contribution in [0, 0.1) is 6.92 Å². The van der Waals surface area contributed by atoms with Crippen molar-refractivity contribution in [1.29, 1.82) is 0 Å². The van der Waals surface area contributed by atoms with Crippen LogP contribution in [0.4, 0.5) is 5.69 Å². The summed E-state index contributed by atoms with van der Waals surface area (Å²) < 4.78 is 13.1. The van der Waals surface area contributed by atoms with Crippen molar-refractivity contribution in [2.45, 2.75) is 6.92 Å². The Balaban J connectivity index is 1.64. The third-order valence-corrected chi connectivity index (χ3v) is 3.81. The fourth-order valence-electron chi connectivity index (χ4n) is 2.12. The van der Waals surface area contributed by atoms with Crippen LogP contribution in [-0.2, 0) is 9.53 Å².